The number of nitrogens with one attached hydrogen (secondary N) is 2. The quantitative estimate of drug-likeness (QED) is 0.434. The zero-order chi connectivity index (χ0) is 21.4. The van der Waals surface area contributed by atoms with Gasteiger partial charge in [-0.15, -0.1) is 0 Å². The highest BCUT2D eigenvalue weighted by atomic mass is 35.5. The summed E-state index contributed by atoms with van der Waals surface area (Å²) in [6, 6.07) is 12.8. The highest BCUT2D eigenvalue weighted by Crippen LogP contribution is 2.35. The minimum atomic E-state index is -0.385. The number of nitrogens with two attached hydrogens (primary N) is 1. The molecule has 4 rings (SSSR count). The molecule has 4 aromatic rings. The number of nitrogens with zero attached hydrogens (tertiary/aromatic N) is 2. The smallest absolute Gasteiger partial charge is 0.289 e. The largest absolute Gasteiger partial charge is 0.382 e. The molecule has 150 valence electrons. The summed E-state index contributed by atoms with van der Waals surface area (Å²) >= 11 is 6.32. The fourth-order valence-corrected chi connectivity index (χ4v) is 3.50. The van der Waals surface area contributed by atoms with Crippen molar-refractivity contribution in [1.82, 2.24) is 14.8 Å². The topological polar surface area (TPSA) is 106 Å². The lowest BCUT2D eigenvalue weighted by Gasteiger charge is -2.08. The number of H-pyrrole nitrogens is 1. The van der Waals surface area contributed by atoms with E-state index in [0.29, 0.717) is 27.3 Å². The van der Waals surface area contributed by atoms with E-state index < -0.39 is 0 Å². The summed E-state index contributed by atoms with van der Waals surface area (Å²) in [4.78, 5) is 24.4. The third-order valence-electron chi connectivity index (χ3n) is 4.81. The lowest BCUT2D eigenvalue weighted by atomic mass is 10.0. The average Bonchev–Trinajstić information content (AvgIpc) is 3.15. The number of aromatic amines is 1. The van der Waals surface area contributed by atoms with Crippen LogP contribution in [0.2, 0.25) is 5.02 Å². The second-order valence-electron chi connectivity index (χ2n) is 6.78. The summed E-state index contributed by atoms with van der Waals surface area (Å²) in [5.41, 5.74) is 9.82. The molecule has 0 aliphatic rings. The van der Waals surface area contributed by atoms with Crippen LogP contribution >= 0.6 is 11.6 Å². The zero-order valence-corrected chi connectivity index (χ0v) is 16.8. The molecule has 4 N–H and O–H groups in total. The third kappa shape index (κ3) is 3.35. The number of anilines is 2. The maximum absolute atomic E-state index is 12.7. The monoisotopic (exact) mass is 419 g/mol. The van der Waals surface area contributed by atoms with Gasteiger partial charge in [-0.2, -0.15) is 5.10 Å². The Kier molecular flexibility index (Phi) is 4.89. The number of aryl methyl sites for hydroxylation is 1. The Hall–Kier alpha value is -3.84. The van der Waals surface area contributed by atoms with Crippen LogP contribution in [0.3, 0.4) is 0 Å². The van der Waals surface area contributed by atoms with Crippen LogP contribution in [0.15, 0.2) is 66.1 Å². The van der Waals surface area contributed by atoms with Crippen molar-refractivity contribution in [2.24, 2.45) is 0 Å². The van der Waals surface area contributed by atoms with Crippen LogP contribution in [0, 0.1) is 6.92 Å². The number of amides is 1. The SMILES string of the molecule is C=CC(=O)Nc1cccc(-n2cc(-c3ccc(C)c(Cl)c3)c3c(N)n[nH]c(=O)c32)c1. The van der Waals surface area contributed by atoms with Crippen LogP contribution in [0.1, 0.15) is 5.56 Å². The number of nitrogen functional groups attached to an aromatic ring is 1. The van der Waals surface area contributed by atoms with Crippen molar-refractivity contribution in [2.75, 3.05) is 11.1 Å². The highest BCUT2D eigenvalue weighted by molar-refractivity contribution is 6.31. The lowest BCUT2D eigenvalue weighted by molar-refractivity contribution is -0.111. The Morgan fingerprint density at radius 3 is 2.83 bits per heavy atom. The maximum atomic E-state index is 12.7. The summed E-state index contributed by atoms with van der Waals surface area (Å²) in [6.45, 7) is 5.37. The van der Waals surface area contributed by atoms with Gasteiger partial charge in [-0.1, -0.05) is 36.4 Å². The Labute approximate surface area is 176 Å². The van der Waals surface area contributed by atoms with E-state index in [1.807, 2.05) is 37.4 Å². The first-order valence-corrected chi connectivity index (χ1v) is 9.46. The third-order valence-corrected chi connectivity index (χ3v) is 5.22. The molecule has 0 atom stereocenters. The highest BCUT2D eigenvalue weighted by Gasteiger charge is 2.18. The van der Waals surface area contributed by atoms with E-state index in [0.717, 1.165) is 16.7 Å². The predicted molar refractivity (Wildman–Crippen MR) is 120 cm³/mol. The van der Waals surface area contributed by atoms with Gasteiger partial charge in [0.05, 0.1) is 5.39 Å². The van der Waals surface area contributed by atoms with Gasteiger partial charge in [-0.25, -0.2) is 5.10 Å². The van der Waals surface area contributed by atoms with Crippen LogP contribution in [-0.4, -0.2) is 20.7 Å². The number of carbonyl (C=O) groups excluding carboxylic acids is 1. The average molecular weight is 420 g/mol. The van der Waals surface area contributed by atoms with Crippen LogP contribution in [0.4, 0.5) is 11.5 Å². The van der Waals surface area contributed by atoms with E-state index in [9.17, 15) is 9.59 Å². The van der Waals surface area contributed by atoms with Gasteiger partial charge in [0.1, 0.15) is 5.52 Å². The Bertz CT molecular complexity index is 1370. The molecule has 0 aliphatic heterocycles. The number of rotatable bonds is 4. The summed E-state index contributed by atoms with van der Waals surface area (Å²) in [5, 5.41) is 10.2. The van der Waals surface area contributed by atoms with Gasteiger partial charge in [0.25, 0.3) is 5.56 Å². The van der Waals surface area contributed by atoms with Crippen molar-refractivity contribution in [3.63, 3.8) is 0 Å². The number of fused-ring (bicyclic) bond motifs is 1. The van der Waals surface area contributed by atoms with Gasteiger partial charge in [0.15, 0.2) is 5.82 Å². The normalized spacial score (nSPS) is 10.9. The number of hydrogen-bond donors (Lipinski definition) is 3. The van der Waals surface area contributed by atoms with Crippen molar-refractivity contribution in [1.29, 1.82) is 0 Å². The van der Waals surface area contributed by atoms with Crippen molar-refractivity contribution in [3.8, 4) is 16.8 Å². The summed E-state index contributed by atoms with van der Waals surface area (Å²) < 4.78 is 1.72. The number of benzene rings is 2. The molecule has 0 unspecified atom stereocenters. The molecular formula is C22H18ClN5O2. The van der Waals surface area contributed by atoms with Crippen LogP contribution in [0.5, 0.6) is 0 Å². The summed E-state index contributed by atoms with van der Waals surface area (Å²) in [6.07, 6.45) is 3.00. The van der Waals surface area contributed by atoms with Crippen molar-refractivity contribution < 1.29 is 4.79 Å². The molecule has 0 saturated carbocycles. The van der Waals surface area contributed by atoms with E-state index in [-0.39, 0.29) is 17.3 Å². The molecule has 1 amide bonds. The molecule has 8 heteroatoms. The fraction of sp³-hybridized carbons (Fsp3) is 0.0455. The molecule has 0 radical (unpaired) electrons. The van der Waals surface area contributed by atoms with Gasteiger partial charge in [0.2, 0.25) is 5.91 Å². The number of halogens is 1. The molecule has 2 aromatic carbocycles. The van der Waals surface area contributed by atoms with Crippen molar-refractivity contribution in [3.05, 3.63) is 82.3 Å². The van der Waals surface area contributed by atoms with Crippen LogP contribution in [-0.2, 0) is 4.79 Å². The molecule has 30 heavy (non-hydrogen) atoms. The first-order valence-electron chi connectivity index (χ1n) is 9.08. The van der Waals surface area contributed by atoms with Gasteiger partial charge in [0, 0.05) is 28.2 Å². The molecule has 0 fully saturated rings. The summed E-state index contributed by atoms with van der Waals surface area (Å²) in [5.74, 6) is -0.128. The van der Waals surface area contributed by atoms with E-state index in [2.05, 4.69) is 22.1 Å². The number of aromatic nitrogens is 3. The first-order chi connectivity index (χ1) is 14.4. The standard InChI is InChI=1S/C22H18ClN5O2/c1-3-18(29)25-14-5-4-6-15(10-14)28-11-16(13-8-7-12(2)17(23)9-13)19-20(28)22(30)27-26-21(19)24/h3-11H,1H2,2H3,(H2,24,26)(H,25,29)(H,27,30). The second-order valence-corrected chi connectivity index (χ2v) is 7.19. The van der Waals surface area contributed by atoms with Crippen molar-refractivity contribution >= 4 is 39.9 Å². The molecule has 7 nitrogen and oxygen atoms in total. The Morgan fingerprint density at radius 2 is 2.10 bits per heavy atom. The van der Waals surface area contributed by atoms with Gasteiger partial charge in [-0.05, 0) is 48.4 Å². The predicted octanol–water partition coefficient (Wildman–Crippen LogP) is 4.05. The molecule has 0 bridgehead atoms. The van der Waals surface area contributed by atoms with E-state index in [4.69, 9.17) is 17.3 Å². The second kappa shape index (κ2) is 7.53. The van der Waals surface area contributed by atoms with E-state index in [1.165, 1.54) is 6.08 Å². The first kappa shape index (κ1) is 19.5. The molecule has 2 aromatic heterocycles. The van der Waals surface area contributed by atoms with Gasteiger partial charge >= 0.3 is 0 Å². The van der Waals surface area contributed by atoms with Crippen LogP contribution < -0.4 is 16.6 Å². The molecule has 0 saturated heterocycles. The van der Waals surface area contributed by atoms with Crippen LogP contribution in [0.25, 0.3) is 27.7 Å². The molecule has 2 heterocycles. The molecule has 0 spiro atoms. The van der Waals surface area contributed by atoms with E-state index in [1.54, 1.807) is 22.8 Å². The molecular weight excluding hydrogens is 402 g/mol. The molecule has 0 aliphatic carbocycles. The van der Waals surface area contributed by atoms with Crippen molar-refractivity contribution in [2.45, 2.75) is 6.92 Å². The minimum absolute atomic E-state index is 0.200. The Balaban J connectivity index is 1.98. The van der Waals surface area contributed by atoms with E-state index >= 15 is 0 Å². The number of hydrogen-bond acceptors (Lipinski definition) is 4. The lowest BCUT2D eigenvalue weighted by Crippen LogP contribution is -2.13. The van der Waals surface area contributed by atoms with Gasteiger partial charge < -0.3 is 15.6 Å². The zero-order valence-electron chi connectivity index (χ0n) is 16.1. The minimum Gasteiger partial charge on any atom is -0.382 e. The Morgan fingerprint density at radius 1 is 1.30 bits per heavy atom. The van der Waals surface area contributed by atoms with Gasteiger partial charge in [-0.3, -0.25) is 9.59 Å². The maximum Gasteiger partial charge on any atom is 0.289 e. The number of carbonyl (C=O) groups is 1. The summed E-state index contributed by atoms with van der Waals surface area (Å²) in [7, 11) is 0. The fourth-order valence-electron chi connectivity index (χ4n) is 3.32.